The molecule has 0 radical (unpaired) electrons. The molecule has 2 rings (SSSR count). The van der Waals surface area contributed by atoms with Gasteiger partial charge >= 0.3 is 0 Å². The molecular weight excluding hydrogens is 256 g/mol. The smallest absolute Gasteiger partial charge is 0.251 e. The van der Waals surface area contributed by atoms with Crippen LogP contribution in [-0.2, 0) is 4.79 Å². The van der Waals surface area contributed by atoms with E-state index in [4.69, 9.17) is 0 Å². The standard InChI is InChI=1S/C11H13BrN2O/c1-11(2)10(15)14(3)8-6-4-5-7(12)9(8)13-11/h4-6,13H,1-3H3. The van der Waals surface area contributed by atoms with Gasteiger partial charge in [0.25, 0.3) is 5.91 Å². The molecule has 0 aromatic heterocycles. The molecule has 15 heavy (non-hydrogen) atoms. The van der Waals surface area contributed by atoms with E-state index in [2.05, 4.69) is 21.2 Å². The van der Waals surface area contributed by atoms with Gasteiger partial charge in [0.2, 0.25) is 0 Å². The zero-order valence-corrected chi connectivity index (χ0v) is 10.6. The number of anilines is 2. The summed E-state index contributed by atoms with van der Waals surface area (Å²) in [6, 6.07) is 5.82. The first-order chi connectivity index (χ1) is 6.93. The molecule has 0 aliphatic carbocycles. The molecule has 0 bridgehead atoms. The summed E-state index contributed by atoms with van der Waals surface area (Å²) in [5.41, 5.74) is 1.34. The zero-order chi connectivity index (χ0) is 11.2. The summed E-state index contributed by atoms with van der Waals surface area (Å²) in [6.45, 7) is 3.77. The maximum absolute atomic E-state index is 12.0. The average molecular weight is 269 g/mol. The van der Waals surface area contributed by atoms with Crippen molar-refractivity contribution in [1.82, 2.24) is 0 Å². The molecule has 0 atom stereocenters. The number of likely N-dealkylation sites (N-methyl/N-ethyl adjacent to an activating group) is 1. The van der Waals surface area contributed by atoms with E-state index < -0.39 is 5.54 Å². The Morgan fingerprint density at radius 1 is 1.40 bits per heavy atom. The van der Waals surface area contributed by atoms with E-state index in [0.29, 0.717) is 0 Å². The molecule has 0 saturated carbocycles. The van der Waals surface area contributed by atoms with Crippen molar-refractivity contribution in [3.05, 3.63) is 22.7 Å². The van der Waals surface area contributed by atoms with Crippen LogP contribution in [0.15, 0.2) is 22.7 Å². The maximum Gasteiger partial charge on any atom is 0.251 e. The van der Waals surface area contributed by atoms with Crippen molar-refractivity contribution >= 4 is 33.2 Å². The highest BCUT2D eigenvalue weighted by atomic mass is 79.9. The lowest BCUT2D eigenvalue weighted by Gasteiger charge is -2.38. The second-order valence-corrected chi connectivity index (χ2v) is 5.10. The number of rotatable bonds is 0. The molecule has 0 saturated heterocycles. The molecule has 0 spiro atoms. The van der Waals surface area contributed by atoms with Gasteiger partial charge in [0.15, 0.2) is 0 Å². The fourth-order valence-electron chi connectivity index (χ4n) is 1.81. The third-order valence-corrected chi connectivity index (χ3v) is 3.29. The van der Waals surface area contributed by atoms with Gasteiger partial charge in [0.05, 0.1) is 11.4 Å². The van der Waals surface area contributed by atoms with E-state index in [1.165, 1.54) is 0 Å². The van der Waals surface area contributed by atoms with E-state index in [0.717, 1.165) is 15.8 Å². The number of fused-ring (bicyclic) bond motifs is 1. The highest BCUT2D eigenvalue weighted by molar-refractivity contribution is 9.10. The van der Waals surface area contributed by atoms with E-state index in [9.17, 15) is 4.79 Å². The van der Waals surface area contributed by atoms with Crippen molar-refractivity contribution < 1.29 is 4.79 Å². The maximum atomic E-state index is 12.0. The zero-order valence-electron chi connectivity index (χ0n) is 8.97. The number of nitrogens with one attached hydrogen (secondary N) is 1. The summed E-state index contributed by atoms with van der Waals surface area (Å²) in [5.74, 6) is 0.0769. The van der Waals surface area contributed by atoms with Crippen LogP contribution < -0.4 is 10.2 Å². The Balaban J connectivity index is 2.60. The fraction of sp³-hybridized carbons (Fsp3) is 0.364. The van der Waals surface area contributed by atoms with Gasteiger partial charge in [-0.1, -0.05) is 6.07 Å². The summed E-state index contributed by atoms with van der Waals surface area (Å²) < 4.78 is 0.979. The minimum Gasteiger partial charge on any atom is -0.369 e. The number of hydrogen-bond acceptors (Lipinski definition) is 2. The van der Waals surface area contributed by atoms with Gasteiger partial charge in [-0.05, 0) is 41.9 Å². The lowest BCUT2D eigenvalue weighted by molar-refractivity contribution is -0.121. The molecule has 3 nitrogen and oxygen atoms in total. The minimum absolute atomic E-state index is 0.0769. The van der Waals surface area contributed by atoms with Crippen LogP contribution in [-0.4, -0.2) is 18.5 Å². The third kappa shape index (κ3) is 1.53. The van der Waals surface area contributed by atoms with Gasteiger partial charge in [0, 0.05) is 11.5 Å². The molecule has 1 heterocycles. The first-order valence-corrected chi connectivity index (χ1v) is 5.57. The van der Waals surface area contributed by atoms with Crippen molar-refractivity contribution in [2.24, 2.45) is 0 Å². The molecule has 1 aliphatic rings. The highest BCUT2D eigenvalue weighted by Crippen LogP contribution is 2.39. The number of halogens is 1. The Bertz CT molecular complexity index is 429. The van der Waals surface area contributed by atoms with Gasteiger partial charge in [-0.2, -0.15) is 0 Å². The lowest BCUT2D eigenvalue weighted by Crippen LogP contribution is -2.52. The van der Waals surface area contributed by atoms with Gasteiger partial charge in [-0.15, -0.1) is 0 Å². The largest absolute Gasteiger partial charge is 0.369 e. The Hall–Kier alpha value is -1.03. The first kappa shape index (κ1) is 10.5. The highest BCUT2D eigenvalue weighted by Gasteiger charge is 2.37. The Kier molecular flexibility index (Phi) is 2.26. The molecule has 0 fully saturated rings. The number of carbonyl (C=O) groups excluding carboxylic acids is 1. The monoisotopic (exact) mass is 268 g/mol. The average Bonchev–Trinajstić information content (AvgIpc) is 2.17. The predicted molar refractivity (Wildman–Crippen MR) is 65.3 cm³/mol. The normalized spacial score (nSPS) is 18.4. The van der Waals surface area contributed by atoms with Crippen LogP contribution in [0.25, 0.3) is 0 Å². The number of hydrogen-bond donors (Lipinski definition) is 1. The van der Waals surface area contributed by atoms with Crippen molar-refractivity contribution in [1.29, 1.82) is 0 Å². The van der Waals surface area contributed by atoms with Crippen LogP contribution in [0.2, 0.25) is 0 Å². The van der Waals surface area contributed by atoms with Gasteiger partial charge in [-0.25, -0.2) is 0 Å². The molecule has 0 unspecified atom stereocenters. The molecule has 80 valence electrons. The van der Waals surface area contributed by atoms with Gasteiger partial charge in [-0.3, -0.25) is 4.79 Å². The number of benzene rings is 1. The van der Waals surface area contributed by atoms with Crippen LogP contribution in [0.3, 0.4) is 0 Å². The van der Waals surface area contributed by atoms with Crippen molar-refractivity contribution in [3.63, 3.8) is 0 Å². The SMILES string of the molecule is CN1C(=O)C(C)(C)Nc2c(Br)cccc21. The number of carbonyl (C=O) groups is 1. The van der Waals surface area contributed by atoms with Crippen molar-refractivity contribution in [3.8, 4) is 0 Å². The quantitative estimate of drug-likeness (QED) is 0.785. The Morgan fingerprint density at radius 3 is 2.73 bits per heavy atom. The summed E-state index contributed by atoms with van der Waals surface area (Å²) in [5, 5.41) is 3.25. The number of para-hydroxylation sites is 1. The Labute approximate surface area is 97.6 Å². The van der Waals surface area contributed by atoms with Crippen molar-refractivity contribution in [2.75, 3.05) is 17.3 Å². The second kappa shape index (κ2) is 3.23. The summed E-state index contributed by atoms with van der Waals surface area (Å²) in [4.78, 5) is 13.7. The topological polar surface area (TPSA) is 32.3 Å². The van der Waals surface area contributed by atoms with Crippen LogP contribution >= 0.6 is 15.9 Å². The third-order valence-electron chi connectivity index (χ3n) is 2.63. The second-order valence-electron chi connectivity index (χ2n) is 4.25. The van der Waals surface area contributed by atoms with Crippen LogP contribution in [0.1, 0.15) is 13.8 Å². The molecule has 1 aliphatic heterocycles. The van der Waals surface area contributed by atoms with Gasteiger partial charge < -0.3 is 10.2 Å². The molecule has 1 aromatic carbocycles. The number of nitrogens with zero attached hydrogens (tertiary/aromatic N) is 1. The van der Waals surface area contributed by atoms with E-state index in [1.54, 1.807) is 11.9 Å². The Morgan fingerprint density at radius 2 is 2.07 bits per heavy atom. The lowest BCUT2D eigenvalue weighted by atomic mass is 9.99. The minimum atomic E-state index is -0.550. The molecule has 1 aromatic rings. The van der Waals surface area contributed by atoms with E-state index in [1.807, 2.05) is 32.0 Å². The van der Waals surface area contributed by atoms with E-state index >= 15 is 0 Å². The van der Waals surface area contributed by atoms with Crippen LogP contribution in [0.4, 0.5) is 11.4 Å². The molecular formula is C11H13BrN2O. The number of amides is 1. The molecule has 4 heteroatoms. The predicted octanol–water partition coefficient (Wildman–Crippen LogP) is 2.62. The summed E-state index contributed by atoms with van der Waals surface area (Å²) >= 11 is 3.48. The molecule has 1 N–H and O–H groups in total. The van der Waals surface area contributed by atoms with Crippen molar-refractivity contribution in [2.45, 2.75) is 19.4 Å². The van der Waals surface area contributed by atoms with E-state index in [-0.39, 0.29) is 5.91 Å². The van der Waals surface area contributed by atoms with Gasteiger partial charge in [0.1, 0.15) is 5.54 Å². The fourth-order valence-corrected chi connectivity index (χ4v) is 2.27. The van der Waals surface area contributed by atoms with Crippen LogP contribution in [0.5, 0.6) is 0 Å². The van der Waals surface area contributed by atoms with Crippen LogP contribution in [0, 0.1) is 0 Å². The first-order valence-electron chi connectivity index (χ1n) is 4.78. The molecule has 1 amide bonds. The summed E-state index contributed by atoms with van der Waals surface area (Å²) in [7, 11) is 1.80. The summed E-state index contributed by atoms with van der Waals surface area (Å²) in [6.07, 6.45) is 0.